The molecule has 2 aromatic rings. The summed E-state index contributed by atoms with van der Waals surface area (Å²) in [6, 6.07) is 5.56. The van der Waals surface area contributed by atoms with Crippen molar-refractivity contribution in [3.05, 3.63) is 35.5 Å². The van der Waals surface area contributed by atoms with Crippen molar-refractivity contribution >= 4 is 11.3 Å². The van der Waals surface area contributed by atoms with Gasteiger partial charge in [-0.1, -0.05) is 6.07 Å². The molecule has 2 heterocycles. The Balaban J connectivity index is 1.88. The maximum absolute atomic E-state index is 12.1. The Labute approximate surface area is 113 Å². The Hall–Kier alpha value is -1.44. The molecule has 2 N–H and O–H groups in total. The molecule has 0 aliphatic carbocycles. The number of aliphatic hydroxyl groups excluding tert-OH is 1. The molecular formula is C12H13F2N3OS. The van der Waals surface area contributed by atoms with E-state index in [1.807, 2.05) is 23.6 Å². The summed E-state index contributed by atoms with van der Waals surface area (Å²) in [6.45, 7) is 0.182. The molecule has 4 nitrogen and oxygen atoms in total. The van der Waals surface area contributed by atoms with Crippen molar-refractivity contribution in [2.45, 2.75) is 19.1 Å². The minimum absolute atomic E-state index is 0.159. The van der Waals surface area contributed by atoms with Crippen LogP contribution in [0.2, 0.25) is 0 Å². The van der Waals surface area contributed by atoms with E-state index in [-0.39, 0.29) is 6.54 Å². The molecule has 1 unspecified atom stereocenters. The van der Waals surface area contributed by atoms with Crippen molar-refractivity contribution < 1.29 is 13.9 Å². The third-order valence-corrected chi connectivity index (χ3v) is 3.30. The molecular weight excluding hydrogens is 272 g/mol. The Bertz CT molecular complexity index is 507. The van der Waals surface area contributed by atoms with Crippen LogP contribution >= 0.6 is 11.3 Å². The third-order valence-electron chi connectivity index (χ3n) is 2.39. The molecule has 7 heteroatoms. The van der Waals surface area contributed by atoms with Gasteiger partial charge in [0.05, 0.1) is 11.4 Å². The summed E-state index contributed by atoms with van der Waals surface area (Å²) in [7, 11) is 0. The van der Waals surface area contributed by atoms with Crippen molar-refractivity contribution in [2.75, 3.05) is 6.54 Å². The lowest BCUT2D eigenvalue weighted by Crippen LogP contribution is -2.31. The normalized spacial score (nSPS) is 12.8. The van der Waals surface area contributed by atoms with Crippen LogP contribution in [0.25, 0.3) is 10.7 Å². The first-order valence-electron chi connectivity index (χ1n) is 5.69. The van der Waals surface area contributed by atoms with Crippen LogP contribution in [0.5, 0.6) is 0 Å². The fourth-order valence-electron chi connectivity index (χ4n) is 1.43. The molecule has 1 atom stereocenters. The number of nitrogens with zero attached hydrogens (tertiary/aromatic N) is 2. The SMILES string of the molecule is OC(CNCc1csc(-c2ccccn2)n1)C(F)F. The summed E-state index contributed by atoms with van der Waals surface area (Å²) in [4.78, 5) is 8.53. The molecule has 0 aliphatic heterocycles. The van der Waals surface area contributed by atoms with E-state index in [0.717, 1.165) is 16.4 Å². The predicted octanol–water partition coefficient (Wildman–Crippen LogP) is 1.92. The second kappa shape index (κ2) is 6.65. The number of rotatable bonds is 6. The molecule has 0 amide bonds. The maximum atomic E-state index is 12.1. The summed E-state index contributed by atoms with van der Waals surface area (Å²) in [6.07, 6.45) is -2.69. The van der Waals surface area contributed by atoms with E-state index in [0.29, 0.717) is 6.54 Å². The van der Waals surface area contributed by atoms with Gasteiger partial charge in [0.15, 0.2) is 0 Å². The molecule has 0 aromatic carbocycles. The maximum Gasteiger partial charge on any atom is 0.265 e. The Morgan fingerprint density at radius 1 is 1.37 bits per heavy atom. The van der Waals surface area contributed by atoms with Gasteiger partial charge in [0.1, 0.15) is 11.1 Å². The molecule has 0 radical (unpaired) electrons. The molecule has 0 fully saturated rings. The van der Waals surface area contributed by atoms with Gasteiger partial charge >= 0.3 is 0 Å². The fraction of sp³-hybridized carbons (Fsp3) is 0.333. The van der Waals surface area contributed by atoms with Crippen molar-refractivity contribution in [1.82, 2.24) is 15.3 Å². The van der Waals surface area contributed by atoms with Crippen LogP contribution in [-0.2, 0) is 6.54 Å². The Morgan fingerprint density at radius 2 is 2.21 bits per heavy atom. The molecule has 0 bridgehead atoms. The summed E-state index contributed by atoms with van der Waals surface area (Å²) in [5, 5.41) is 14.3. The van der Waals surface area contributed by atoms with E-state index in [1.54, 1.807) is 6.20 Å². The molecule has 0 aliphatic rings. The first-order valence-corrected chi connectivity index (χ1v) is 6.57. The largest absolute Gasteiger partial charge is 0.386 e. The van der Waals surface area contributed by atoms with Gasteiger partial charge in [0.25, 0.3) is 6.43 Å². The molecule has 19 heavy (non-hydrogen) atoms. The van der Waals surface area contributed by atoms with Crippen molar-refractivity contribution in [3.8, 4) is 10.7 Å². The average molecular weight is 285 g/mol. The highest BCUT2D eigenvalue weighted by molar-refractivity contribution is 7.13. The van der Waals surface area contributed by atoms with Crippen LogP contribution in [0.4, 0.5) is 8.78 Å². The summed E-state index contributed by atoms with van der Waals surface area (Å²) in [5.41, 5.74) is 1.53. The number of hydrogen-bond acceptors (Lipinski definition) is 5. The van der Waals surface area contributed by atoms with Gasteiger partial charge in [-0.3, -0.25) is 4.98 Å². The quantitative estimate of drug-likeness (QED) is 0.851. The predicted molar refractivity (Wildman–Crippen MR) is 69.1 cm³/mol. The number of aromatic nitrogens is 2. The molecule has 0 saturated heterocycles. The molecule has 102 valence electrons. The minimum atomic E-state index is -2.73. The van der Waals surface area contributed by atoms with Gasteiger partial charge < -0.3 is 10.4 Å². The highest BCUT2D eigenvalue weighted by Crippen LogP contribution is 2.21. The molecule has 2 aromatic heterocycles. The van der Waals surface area contributed by atoms with Gasteiger partial charge in [-0.05, 0) is 12.1 Å². The van der Waals surface area contributed by atoms with E-state index in [4.69, 9.17) is 5.11 Å². The van der Waals surface area contributed by atoms with Crippen LogP contribution in [0.15, 0.2) is 29.8 Å². The monoisotopic (exact) mass is 285 g/mol. The standard InChI is InChI=1S/C12H13F2N3OS/c13-11(14)10(18)6-15-5-8-7-19-12(17-8)9-3-1-2-4-16-9/h1-4,7,10-11,15,18H,5-6H2. The highest BCUT2D eigenvalue weighted by atomic mass is 32.1. The van der Waals surface area contributed by atoms with Gasteiger partial charge in [-0.25, -0.2) is 13.8 Å². The van der Waals surface area contributed by atoms with Crippen LogP contribution in [0.1, 0.15) is 5.69 Å². The first kappa shape index (κ1) is 14.0. The van der Waals surface area contributed by atoms with E-state index < -0.39 is 12.5 Å². The van der Waals surface area contributed by atoms with Crippen LogP contribution in [-0.4, -0.2) is 34.1 Å². The van der Waals surface area contributed by atoms with Gasteiger partial charge in [0, 0.05) is 24.7 Å². The van der Waals surface area contributed by atoms with Gasteiger partial charge in [-0.15, -0.1) is 11.3 Å². The number of halogens is 2. The number of alkyl halides is 2. The van der Waals surface area contributed by atoms with Crippen LogP contribution in [0.3, 0.4) is 0 Å². The van der Waals surface area contributed by atoms with Gasteiger partial charge in [0.2, 0.25) is 0 Å². The van der Waals surface area contributed by atoms with E-state index in [2.05, 4.69) is 15.3 Å². The van der Waals surface area contributed by atoms with Crippen LogP contribution in [0, 0.1) is 0 Å². The Morgan fingerprint density at radius 3 is 2.89 bits per heavy atom. The summed E-state index contributed by atoms with van der Waals surface area (Å²) in [5.74, 6) is 0. The molecule has 2 rings (SSSR count). The highest BCUT2D eigenvalue weighted by Gasteiger charge is 2.16. The number of pyridine rings is 1. The average Bonchev–Trinajstić information content (AvgIpc) is 2.88. The molecule has 0 saturated carbocycles. The second-order valence-electron chi connectivity index (χ2n) is 3.89. The van der Waals surface area contributed by atoms with Crippen molar-refractivity contribution in [3.63, 3.8) is 0 Å². The first-order chi connectivity index (χ1) is 9.16. The number of hydrogen-bond donors (Lipinski definition) is 2. The van der Waals surface area contributed by atoms with Crippen molar-refractivity contribution in [2.24, 2.45) is 0 Å². The van der Waals surface area contributed by atoms with E-state index >= 15 is 0 Å². The second-order valence-corrected chi connectivity index (χ2v) is 4.75. The molecule has 0 spiro atoms. The van der Waals surface area contributed by atoms with Gasteiger partial charge in [-0.2, -0.15) is 0 Å². The smallest absolute Gasteiger partial charge is 0.265 e. The van der Waals surface area contributed by atoms with Crippen LogP contribution < -0.4 is 5.32 Å². The number of thiazole rings is 1. The number of nitrogens with one attached hydrogen (secondary N) is 1. The van der Waals surface area contributed by atoms with E-state index in [9.17, 15) is 8.78 Å². The Kier molecular flexibility index (Phi) is 4.89. The summed E-state index contributed by atoms with van der Waals surface area (Å²) >= 11 is 1.44. The third kappa shape index (κ3) is 4.02. The number of aliphatic hydroxyl groups is 1. The van der Waals surface area contributed by atoms with E-state index in [1.165, 1.54) is 11.3 Å². The zero-order valence-electron chi connectivity index (χ0n) is 9.96. The summed E-state index contributed by atoms with van der Waals surface area (Å²) < 4.78 is 24.1. The lowest BCUT2D eigenvalue weighted by atomic mass is 10.3. The topological polar surface area (TPSA) is 58.0 Å². The van der Waals surface area contributed by atoms with Crippen molar-refractivity contribution in [1.29, 1.82) is 0 Å². The lowest BCUT2D eigenvalue weighted by Gasteiger charge is -2.09. The zero-order chi connectivity index (χ0) is 13.7. The zero-order valence-corrected chi connectivity index (χ0v) is 10.8. The minimum Gasteiger partial charge on any atom is -0.386 e. The lowest BCUT2D eigenvalue weighted by molar-refractivity contribution is -0.00343. The fourth-order valence-corrected chi connectivity index (χ4v) is 2.23.